The van der Waals surface area contributed by atoms with Gasteiger partial charge >= 0.3 is 6.16 Å². The van der Waals surface area contributed by atoms with Gasteiger partial charge in [-0.3, -0.25) is 4.90 Å². The number of carbonyl (C=O) groups excluding carboxylic acids is 1. The predicted octanol–water partition coefficient (Wildman–Crippen LogP) is 8.82. The number of nitrogens with zero attached hydrogens (tertiary/aromatic N) is 1. The number of likely N-dealkylation sites (tertiary alicyclic amines) is 1. The number of benzene rings is 3. The van der Waals surface area contributed by atoms with Crippen LogP contribution in [0.25, 0.3) is 0 Å². The number of carbonyl (C=O) groups is 1. The molecule has 7 fully saturated rings. The molecule has 9 unspecified atom stereocenters. The molecule has 3 spiro atoms. The summed E-state index contributed by atoms with van der Waals surface area (Å²) in [6.45, 7) is 9.65. The third-order valence-electron chi connectivity index (χ3n) is 17.1. The van der Waals surface area contributed by atoms with Crippen LogP contribution in [0.1, 0.15) is 114 Å². The molecule has 9 aliphatic rings. The van der Waals surface area contributed by atoms with E-state index in [2.05, 4.69) is 92.4 Å². The number of methoxy groups -OCH3 is 1. The summed E-state index contributed by atoms with van der Waals surface area (Å²) in [5.74, 6) is 1.85. The maximum absolute atomic E-state index is 13.8. The van der Waals surface area contributed by atoms with Crippen LogP contribution in [-0.4, -0.2) is 59.3 Å². The van der Waals surface area contributed by atoms with Gasteiger partial charge in [0, 0.05) is 47.4 Å². The molecule has 1 N–H and O–H groups in total. The fraction of sp³-hybridized carbons (Fsp3) is 0.596. The van der Waals surface area contributed by atoms with Gasteiger partial charge in [0.05, 0.1) is 11.1 Å². The van der Waals surface area contributed by atoms with Gasteiger partial charge in [-0.25, -0.2) is 4.79 Å². The Bertz CT molecular complexity index is 1990. The molecule has 0 amide bonds. The summed E-state index contributed by atoms with van der Waals surface area (Å²) >= 11 is 0. The Morgan fingerprint density at radius 2 is 1.56 bits per heavy atom. The number of hydrogen-bond donors (Lipinski definition) is 1. The van der Waals surface area contributed by atoms with Crippen molar-refractivity contribution in [2.75, 3.05) is 13.7 Å². The van der Waals surface area contributed by atoms with Gasteiger partial charge < -0.3 is 24.1 Å². The third kappa shape index (κ3) is 3.92. The molecule has 6 saturated carbocycles. The van der Waals surface area contributed by atoms with Crippen molar-refractivity contribution in [2.24, 2.45) is 22.7 Å². The minimum absolute atomic E-state index is 0.00779. The van der Waals surface area contributed by atoms with Gasteiger partial charge in [0.25, 0.3) is 0 Å². The van der Waals surface area contributed by atoms with Crippen LogP contribution in [0.2, 0.25) is 0 Å². The lowest BCUT2D eigenvalue weighted by Crippen LogP contribution is -2.77. The Balaban J connectivity index is 0.912. The second kappa shape index (κ2) is 10.7. The molecule has 3 aromatic carbocycles. The van der Waals surface area contributed by atoms with Crippen molar-refractivity contribution in [3.8, 4) is 11.5 Å². The molecular formula is C47H55NO6. The number of ether oxygens (including phenoxy) is 4. The van der Waals surface area contributed by atoms with Gasteiger partial charge in [0.2, 0.25) is 0 Å². The molecule has 12 rings (SSSR count). The number of hydrogen-bond acceptors (Lipinski definition) is 7. The van der Waals surface area contributed by atoms with E-state index in [-0.39, 0.29) is 45.3 Å². The number of rotatable bonds is 8. The zero-order valence-electron chi connectivity index (χ0n) is 32.5. The molecular weight excluding hydrogens is 675 g/mol. The lowest BCUT2D eigenvalue weighted by atomic mass is 9.38. The highest BCUT2D eigenvalue weighted by Gasteiger charge is 2.95. The summed E-state index contributed by atoms with van der Waals surface area (Å²) in [5.41, 5.74) is 2.87. The SMILES string of the molecule is COC12CCC3(CC1C(C)(O)C(C)(C)C)C1N(CC4CC4)C14CC31c3c4ccc(OC(=O)OC4CCC(c5ccccc5)(c5ccccc5)CC4)c3OC21. The van der Waals surface area contributed by atoms with Crippen molar-refractivity contribution >= 4 is 6.16 Å². The Labute approximate surface area is 319 Å². The fourth-order valence-electron chi connectivity index (χ4n) is 14.0. The lowest BCUT2D eigenvalue weighted by Gasteiger charge is -2.69. The van der Waals surface area contributed by atoms with Crippen molar-refractivity contribution in [1.82, 2.24) is 4.90 Å². The van der Waals surface area contributed by atoms with E-state index in [1.54, 1.807) is 0 Å². The van der Waals surface area contributed by atoms with Crippen molar-refractivity contribution < 1.29 is 28.8 Å². The molecule has 54 heavy (non-hydrogen) atoms. The largest absolute Gasteiger partial charge is 0.514 e. The Kier molecular flexibility index (Phi) is 6.73. The quantitative estimate of drug-likeness (QED) is 0.141. The van der Waals surface area contributed by atoms with E-state index in [0.717, 1.165) is 63.8 Å². The molecule has 284 valence electrons. The molecule has 3 aromatic rings. The van der Waals surface area contributed by atoms with E-state index in [0.29, 0.717) is 17.5 Å². The van der Waals surface area contributed by atoms with Crippen LogP contribution < -0.4 is 9.47 Å². The lowest BCUT2D eigenvalue weighted by molar-refractivity contribution is -0.290. The smallest absolute Gasteiger partial charge is 0.482 e. The third-order valence-corrected chi connectivity index (χ3v) is 17.1. The normalized spacial score (nSPS) is 38.6. The minimum atomic E-state index is -0.980. The minimum Gasteiger partial charge on any atom is -0.482 e. The summed E-state index contributed by atoms with van der Waals surface area (Å²) in [6, 6.07) is 26.2. The van der Waals surface area contributed by atoms with E-state index >= 15 is 0 Å². The molecule has 9 atom stereocenters. The van der Waals surface area contributed by atoms with Crippen LogP contribution >= 0.6 is 0 Å². The zero-order valence-corrected chi connectivity index (χ0v) is 32.5. The van der Waals surface area contributed by atoms with E-state index < -0.39 is 17.4 Å². The van der Waals surface area contributed by atoms with Crippen molar-refractivity contribution in [3.63, 3.8) is 0 Å². The Hall–Kier alpha value is -3.39. The number of aliphatic hydroxyl groups is 1. The van der Waals surface area contributed by atoms with E-state index in [4.69, 9.17) is 18.9 Å². The first-order valence-electron chi connectivity index (χ1n) is 20.8. The van der Waals surface area contributed by atoms with Gasteiger partial charge in [0.15, 0.2) is 11.5 Å². The van der Waals surface area contributed by atoms with Gasteiger partial charge in [-0.1, -0.05) is 87.5 Å². The maximum atomic E-state index is 13.8. The van der Waals surface area contributed by atoms with Crippen LogP contribution in [0.15, 0.2) is 72.8 Å². The fourth-order valence-corrected chi connectivity index (χ4v) is 14.0. The molecule has 2 aliphatic heterocycles. The summed E-state index contributed by atoms with van der Waals surface area (Å²) in [5, 5.41) is 12.5. The second-order valence-corrected chi connectivity index (χ2v) is 19.8. The van der Waals surface area contributed by atoms with Crippen LogP contribution in [-0.2, 0) is 25.8 Å². The summed E-state index contributed by atoms with van der Waals surface area (Å²) < 4.78 is 26.4. The van der Waals surface area contributed by atoms with Gasteiger partial charge in [-0.2, -0.15) is 0 Å². The van der Waals surface area contributed by atoms with Crippen LogP contribution in [0.3, 0.4) is 0 Å². The summed E-state index contributed by atoms with van der Waals surface area (Å²) in [6.07, 6.45) is 8.65. The van der Waals surface area contributed by atoms with E-state index in [1.807, 2.05) is 20.1 Å². The monoisotopic (exact) mass is 729 g/mol. The molecule has 7 aliphatic carbocycles. The number of fused-ring (bicyclic) bond motifs is 2. The average Bonchev–Trinajstić information content (AvgIpc) is 4.01. The van der Waals surface area contributed by atoms with Crippen molar-refractivity contribution in [1.29, 1.82) is 0 Å². The maximum Gasteiger partial charge on any atom is 0.514 e. The molecule has 7 nitrogen and oxygen atoms in total. The summed E-state index contributed by atoms with van der Waals surface area (Å²) in [4.78, 5) is 16.6. The van der Waals surface area contributed by atoms with E-state index in [9.17, 15) is 9.90 Å². The molecule has 4 bridgehead atoms. The van der Waals surface area contributed by atoms with Gasteiger partial charge in [0.1, 0.15) is 17.8 Å². The highest BCUT2D eigenvalue weighted by atomic mass is 16.7. The first-order chi connectivity index (χ1) is 25.9. The first-order valence-corrected chi connectivity index (χ1v) is 20.8. The van der Waals surface area contributed by atoms with Crippen LogP contribution in [0, 0.1) is 22.7 Å². The standard InChI is InChI=1S/C47H55NO6/c1-41(2,3)42(4,50)35-26-44-24-25-47(35,51-5)39-45(44)28-46(38(44)48(46)27-29-16-17-29)33-18-19-34(37(54-39)36(33)45)53-40(49)52-32-20-22-43(23-21-32,30-12-8-6-9-13-30)31-14-10-7-11-15-31/h6-15,18-19,29,32,35,38-39,50H,16-17,20-28H2,1-5H3. The van der Waals surface area contributed by atoms with Gasteiger partial charge in [-0.05, 0) is 105 Å². The zero-order chi connectivity index (χ0) is 37.1. The molecule has 1 saturated heterocycles. The predicted molar refractivity (Wildman–Crippen MR) is 205 cm³/mol. The topological polar surface area (TPSA) is 77.2 Å². The average molecular weight is 730 g/mol. The second-order valence-electron chi connectivity index (χ2n) is 19.8. The number of piperidine rings is 1. The van der Waals surface area contributed by atoms with E-state index in [1.165, 1.54) is 35.1 Å². The first kappa shape index (κ1) is 33.9. The van der Waals surface area contributed by atoms with Crippen LogP contribution in [0.4, 0.5) is 4.79 Å². The molecule has 2 heterocycles. The highest BCUT2D eigenvalue weighted by molar-refractivity contribution is 5.75. The summed E-state index contributed by atoms with van der Waals surface area (Å²) in [7, 11) is 1.83. The Morgan fingerprint density at radius 1 is 0.889 bits per heavy atom. The highest BCUT2D eigenvalue weighted by Crippen LogP contribution is 2.90. The van der Waals surface area contributed by atoms with Crippen LogP contribution in [0.5, 0.6) is 11.5 Å². The van der Waals surface area contributed by atoms with Crippen molar-refractivity contribution in [2.45, 2.75) is 138 Å². The Morgan fingerprint density at radius 3 is 2.17 bits per heavy atom. The molecule has 0 aromatic heterocycles. The molecule has 7 heteroatoms. The van der Waals surface area contributed by atoms with Gasteiger partial charge in [-0.15, -0.1) is 0 Å². The molecule has 0 radical (unpaired) electrons. The van der Waals surface area contributed by atoms with Crippen molar-refractivity contribution in [3.05, 3.63) is 95.1 Å².